The van der Waals surface area contributed by atoms with Crippen molar-refractivity contribution in [1.29, 1.82) is 5.26 Å². The van der Waals surface area contributed by atoms with E-state index in [0.717, 1.165) is 49.1 Å². The summed E-state index contributed by atoms with van der Waals surface area (Å²) in [5, 5.41) is 22.5. The van der Waals surface area contributed by atoms with Crippen LogP contribution in [0, 0.1) is 18.3 Å². The van der Waals surface area contributed by atoms with Gasteiger partial charge in [0.25, 0.3) is 0 Å². The first-order valence-corrected chi connectivity index (χ1v) is 9.14. The minimum absolute atomic E-state index is 0.261. The van der Waals surface area contributed by atoms with Crippen LogP contribution in [0.25, 0.3) is 0 Å². The first kappa shape index (κ1) is 17.2. The normalized spacial score (nSPS) is 17.1. The van der Waals surface area contributed by atoms with Crippen LogP contribution in [0.4, 0.5) is 5.82 Å². The van der Waals surface area contributed by atoms with Crippen molar-refractivity contribution in [2.75, 3.05) is 18.0 Å². The summed E-state index contributed by atoms with van der Waals surface area (Å²) in [6.07, 6.45) is 5.77. The molecule has 3 aromatic rings. The van der Waals surface area contributed by atoms with E-state index in [1.54, 1.807) is 6.20 Å². The number of nitrogens with zero attached hydrogens (tertiary/aromatic N) is 8. The first-order chi connectivity index (χ1) is 13.2. The van der Waals surface area contributed by atoms with Gasteiger partial charge in [0.05, 0.1) is 5.56 Å². The van der Waals surface area contributed by atoms with Gasteiger partial charge in [-0.05, 0) is 38.0 Å². The zero-order chi connectivity index (χ0) is 18.8. The fourth-order valence-corrected chi connectivity index (χ4v) is 3.66. The molecule has 27 heavy (non-hydrogen) atoms. The topological polar surface area (TPSA) is 88.5 Å². The van der Waals surface area contributed by atoms with E-state index in [0.29, 0.717) is 12.1 Å². The third kappa shape index (κ3) is 3.40. The smallest absolute Gasteiger partial charge is 0.154 e. The molecule has 4 heterocycles. The molecule has 8 heteroatoms. The second-order valence-corrected chi connectivity index (χ2v) is 6.96. The van der Waals surface area contributed by atoms with Crippen molar-refractivity contribution in [3.05, 3.63) is 53.5 Å². The highest BCUT2D eigenvalue weighted by atomic mass is 15.3. The van der Waals surface area contributed by atoms with Gasteiger partial charge in [0.15, 0.2) is 5.82 Å². The van der Waals surface area contributed by atoms with Gasteiger partial charge in [-0.3, -0.25) is 4.68 Å². The maximum atomic E-state index is 9.44. The summed E-state index contributed by atoms with van der Waals surface area (Å²) >= 11 is 0. The molecule has 3 aromatic heterocycles. The predicted molar refractivity (Wildman–Crippen MR) is 100 cm³/mol. The molecule has 1 aliphatic rings. The Morgan fingerprint density at radius 1 is 1.30 bits per heavy atom. The molecular formula is C19H22N8. The third-order valence-electron chi connectivity index (χ3n) is 5.08. The average molecular weight is 362 g/mol. The summed E-state index contributed by atoms with van der Waals surface area (Å²) in [5.41, 5.74) is 1.55. The molecule has 0 N–H and O–H groups in total. The van der Waals surface area contributed by atoms with Crippen molar-refractivity contribution >= 4 is 5.82 Å². The first-order valence-electron chi connectivity index (χ1n) is 9.14. The highest BCUT2D eigenvalue weighted by Gasteiger charge is 2.28. The quantitative estimate of drug-likeness (QED) is 0.705. The fraction of sp³-hybridized carbons (Fsp3) is 0.421. The van der Waals surface area contributed by atoms with Gasteiger partial charge in [-0.1, -0.05) is 0 Å². The van der Waals surface area contributed by atoms with E-state index in [4.69, 9.17) is 0 Å². The van der Waals surface area contributed by atoms with Gasteiger partial charge in [-0.25, -0.2) is 4.98 Å². The Hall–Kier alpha value is -3.21. The summed E-state index contributed by atoms with van der Waals surface area (Å²) in [7, 11) is 2.01. The Morgan fingerprint density at radius 2 is 2.19 bits per heavy atom. The average Bonchev–Trinajstić information content (AvgIpc) is 3.33. The van der Waals surface area contributed by atoms with Crippen LogP contribution in [0.2, 0.25) is 0 Å². The predicted octanol–water partition coefficient (Wildman–Crippen LogP) is 2.02. The fourth-order valence-electron chi connectivity index (χ4n) is 3.66. The molecule has 0 unspecified atom stereocenters. The van der Waals surface area contributed by atoms with E-state index in [-0.39, 0.29) is 5.92 Å². The zero-order valence-electron chi connectivity index (χ0n) is 15.6. The molecule has 0 aliphatic carbocycles. The number of aryl methyl sites for hydroxylation is 1. The van der Waals surface area contributed by atoms with E-state index >= 15 is 0 Å². The van der Waals surface area contributed by atoms with Crippen LogP contribution in [0.15, 0.2) is 30.6 Å². The summed E-state index contributed by atoms with van der Waals surface area (Å²) in [5.74, 6) is 2.91. The van der Waals surface area contributed by atoms with Gasteiger partial charge in [0.2, 0.25) is 0 Å². The van der Waals surface area contributed by atoms with Crippen molar-refractivity contribution in [2.45, 2.75) is 32.2 Å². The van der Waals surface area contributed by atoms with Crippen molar-refractivity contribution in [1.82, 2.24) is 29.5 Å². The molecule has 0 saturated carbocycles. The lowest BCUT2D eigenvalue weighted by Crippen LogP contribution is -2.36. The minimum Gasteiger partial charge on any atom is -0.355 e. The number of anilines is 1. The highest BCUT2D eigenvalue weighted by Crippen LogP contribution is 2.30. The van der Waals surface area contributed by atoms with Crippen LogP contribution in [0.5, 0.6) is 0 Å². The molecule has 8 nitrogen and oxygen atoms in total. The number of hydrogen-bond donors (Lipinski definition) is 0. The SMILES string of the molecule is Cc1ccc(C#N)c(N2CCC[C@H](c3nnc(Cn4cccn4)n3C)C2)n1. The number of rotatable bonds is 4. The minimum atomic E-state index is 0.261. The van der Waals surface area contributed by atoms with Crippen molar-refractivity contribution in [3.8, 4) is 6.07 Å². The lowest BCUT2D eigenvalue weighted by atomic mass is 9.96. The Morgan fingerprint density at radius 3 is 2.96 bits per heavy atom. The van der Waals surface area contributed by atoms with Crippen LogP contribution < -0.4 is 4.90 Å². The summed E-state index contributed by atoms with van der Waals surface area (Å²) in [6, 6.07) is 7.90. The van der Waals surface area contributed by atoms with Gasteiger partial charge in [0, 0.05) is 44.1 Å². The van der Waals surface area contributed by atoms with E-state index in [2.05, 4.69) is 35.8 Å². The molecule has 4 rings (SSSR count). The Bertz CT molecular complexity index is 966. The van der Waals surface area contributed by atoms with Crippen molar-refractivity contribution < 1.29 is 0 Å². The Balaban J connectivity index is 1.56. The second-order valence-electron chi connectivity index (χ2n) is 6.96. The molecule has 1 atom stereocenters. The molecule has 1 fully saturated rings. The standard InChI is InChI=1S/C19H22N8/c1-14-6-7-15(11-20)18(22-14)26-9-3-5-16(12-26)19-24-23-17(25(19)2)13-27-10-4-8-21-27/h4,6-8,10,16H,3,5,9,12-13H2,1-2H3/t16-/m0/s1. The lowest BCUT2D eigenvalue weighted by molar-refractivity contribution is 0.475. The monoisotopic (exact) mass is 362 g/mol. The van der Waals surface area contributed by atoms with Crippen LogP contribution in [-0.4, -0.2) is 42.6 Å². The maximum absolute atomic E-state index is 9.44. The highest BCUT2D eigenvalue weighted by molar-refractivity contribution is 5.54. The van der Waals surface area contributed by atoms with Gasteiger partial charge in [-0.2, -0.15) is 10.4 Å². The Labute approximate surface area is 158 Å². The van der Waals surface area contributed by atoms with Crippen LogP contribution in [0.1, 0.15) is 41.7 Å². The van der Waals surface area contributed by atoms with Gasteiger partial charge in [-0.15, -0.1) is 10.2 Å². The lowest BCUT2D eigenvalue weighted by Gasteiger charge is -2.33. The third-order valence-corrected chi connectivity index (χ3v) is 5.08. The zero-order valence-corrected chi connectivity index (χ0v) is 15.6. The summed E-state index contributed by atoms with van der Waals surface area (Å²) < 4.78 is 3.92. The molecule has 0 spiro atoms. The van der Waals surface area contributed by atoms with Crippen molar-refractivity contribution in [2.24, 2.45) is 7.05 Å². The van der Waals surface area contributed by atoms with E-state index < -0.39 is 0 Å². The molecule has 0 bridgehead atoms. The molecule has 1 aliphatic heterocycles. The van der Waals surface area contributed by atoms with Crippen molar-refractivity contribution in [3.63, 3.8) is 0 Å². The maximum Gasteiger partial charge on any atom is 0.154 e. The largest absolute Gasteiger partial charge is 0.355 e. The molecule has 0 amide bonds. The van der Waals surface area contributed by atoms with E-state index in [9.17, 15) is 5.26 Å². The molecular weight excluding hydrogens is 340 g/mol. The van der Waals surface area contributed by atoms with Gasteiger partial charge >= 0.3 is 0 Å². The second kappa shape index (κ2) is 7.19. The number of piperidine rings is 1. The molecule has 1 saturated heterocycles. The van der Waals surface area contributed by atoms with E-state index in [1.165, 1.54) is 0 Å². The summed E-state index contributed by atoms with van der Waals surface area (Å²) in [4.78, 5) is 6.83. The van der Waals surface area contributed by atoms with Crippen LogP contribution in [-0.2, 0) is 13.6 Å². The number of aromatic nitrogens is 6. The number of pyridine rings is 1. The summed E-state index contributed by atoms with van der Waals surface area (Å²) in [6.45, 7) is 4.25. The Kier molecular flexibility index (Phi) is 4.59. The number of hydrogen-bond acceptors (Lipinski definition) is 6. The molecule has 0 radical (unpaired) electrons. The van der Waals surface area contributed by atoms with Crippen LogP contribution in [0.3, 0.4) is 0 Å². The van der Waals surface area contributed by atoms with Gasteiger partial charge < -0.3 is 9.47 Å². The molecule has 138 valence electrons. The van der Waals surface area contributed by atoms with Gasteiger partial charge in [0.1, 0.15) is 24.3 Å². The van der Waals surface area contributed by atoms with E-state index in [1.807, 2.05) is 43.0 Å². The molecule has 0 aromatic carbocycles. The number of nitriles is 1. The van der Waals surface area contributed by atoms with Crippen LogP contribution >= 0.6 is 0 Å².